The van der Waals surface area contributed by atoms with Gasteiger partial charge in [-0.1, -0.05) is 6.42 Å². The van der Waals surface area contributed by atoms with Crippen molar-refractivity contribution in [3.05, 3.63) is 0 Å². The lowest BCUT2D eigenvalue weighted by atomic mass is 9.77. The molecule has 0 aromatic heterocycles. The summed E-state index contributed by atoms with van der Waals surface area (Å²) in [5.74, 6) is 1.53. The highest BCUT2D eigenvalue weighted by atomic mass is 16.1. The lowest BCUT2D eigenvalue weighted by Crippen LogP contribution is -2.25. The summed E-state index contributed by atoms with van der Waals surface area (Å²) < 4.78 is 0. The van der Waals surface area contributed by atoms with E-state index < -0.39 is 0 Å². The number of fused-ring (bicyclic) bond motifs is 6. The Morgan fingerprint density at radius 2 is 1.15 bits per heavy atom. The first-order valence-corrected chi connectivity index (χ1v) is 5.27. The van der Waals surface area contributed by atoms with Crippen LogP contribution in [0.1, 0.15) is 44.9 Å². The van der Waals surface area contributed by atoms with Crippen LogP contribution in [0.2, 0.25) is 0 Å². The molecule has 0 aromatic carbocycles. The molecule has 0 aliphatic heterocycles. The van der Waals surface area contributed by atoms with Gasteiger partial charge in [0.15, 0.2) is 0 Å². The zero-order valence-electron chi connectivity index (χ0n) is 7.92. The topological polar surface area (TPSA) is 34.1 Å². The fourth-order valence-electron chi connectivity index (χ4n) is 2.70. The fraction of sp³-hybridized carbons (Fsp3) is 0.818. The van der Waals surface area contributed by atoms with Crippen molar-refractivity contribution in [2.45, 2.75) is 44.9 Å². The normalized spacial score (nSPS) is 35.4. The highest BCUT2D eigenvalue weighted by Gasteiger charge is 2.28. The molecule has 0 aromatic rings. The van der Waals surface area contributed by atoms with E-state index in [0.717, 1.165) is 12.8 Å². The van der Waals surface area contributed by atoms with Crippen LogP contribution in [-0.4, -0.2) is 11.6 Å². The maximum absolute atomic E-state index is 11.4. The van der Waals surface area contributed by atoms with Gasteiger partial charge in [0.05, 0.1) is 0 Å². The van der Waals surface area contributed by atoms with Crippen molar-refractivity contribution in [3.63, 3.8) is 0 Å². The Bertz CT molecular complexity index is 192. The molecule has 0 atom stereocenters. The summed E-state index contributed by atoms with van der Waals surface area (Å²) in [6, 6.07) is 0. The highest BCUT2D eigenvalue weighted by molar-refractivity contribution is 5.84. The molecule has 0 saturated heterocycles. The van der Waals surface area contributed by atoms with Crippen molar-refractivity contribution in [2.75, 3.05) is 0 Å². The van der Waals surface area contributed by atoms with Gasteiger partial charge in [-0.3, -0.25) is 9.59 Å². The summed E-state index contributed by atoms with van der Waals surface area (Å²) in [6.45, 7) is 0. The Balaban J connectivity index is 2.14. The molecule has 2 nitrogen and oxygen atoms in total. The average Bonchev–Trinajstić information content (AvgIpc) is 1.95. The standard InChI is InChI=1S/C11H16O2/c12-10-4-8-2-1-3-9(6-10)7-11(13)5-8/h8-9H,1-7H2. The second-order valence-electron chi connectivity index (χ2n) is 4.56. The molecule has 0 amide bonds. The van der Waals surface area contributed by atoms with E-state index in [-0.39, 0.29) is 0 Å². The number of hydrogen-bond acceptors (Lipinski definition) is 2. The Labute approximate surface area is 78.7 Å². The van der Waals surface area contributed by atoms with Gasteiger partial charge < -0.3 is 0 Å². The minimum atomic E-state index is 0.376. The molecule has 3 fully saturated rings. The summed E-state index contributed by atoms with van der Waals surface area (Å²) in [7, 11) is 0. The third-order valence-electron chi connectivity index (χ3n) is 3.29. The van der Waals surface area contributed by atoms with Crippen molar-refractivity contribution in [2.24, 2.45) is 11.8 Å². The van der Waals surface area contributed by atoms with Crippen LogP contribution in [0.3, 0.4) is 0 Å². The number of rotatable bonds is 0. The molecule has 0 radical (unpaired) electrons. The molecule has 2 bridgehead atoms. The predicted molar refractivity (Wildman–Crippen MR) is 49.3 cm³/mol. The van der Waals surface area contributed by atoms with Crippen LogP contribution in [0.4, 0.5) is 0 Å². The van der Waals surface area contributed by atoms with Crippen molar-refractivity contribution in [3.8, 4) is 0 Å². The van der Waals surface area contributed by atoms with Crippen LogP contribution < -0.4 is 0 Å². The summed E-state index contributed by atoms with van der Waals surface area (Å²) in [5.41, 5.74) is 0. The molecule has 2 heteroatoms. The number of ketones is 2. The molecular weight excluding hydrogens is 164 g/mol. The fourth-order valence-corrected chi connectivity index (χ4v) is 2.70. The van der Waals surface area contributed by atoms with Crippen LogP contribution in [-0.2, 0) is 9.59 Å². The maximum Gasteiger partial charge on any atom is 0.133 e. The molecule has 0 unspecified atom stereocenters. The van der Waals surface area contributed by atoms with E-state index in [4.69, 9.17) is 0 Å². The Kier molecular flexibility index (Phi) is 2.47. The first-order chi connectivity index (χ1) is 6.24. The largest absolute Gasteiger partial charge is 0.300 e. The van der Waals surface area contributed by atoms with Gasteiger partial charge in [-0.05, 0) is 24.7 Å². The van der Waals surface area contributed by atoms with Crippen molar-refractivity contribution >= 4 is 11.6 Å². The molecule has 3 aliphatic rings. The van der Waals surface area contributed by atoms with Crippen LogP contribution in [0, 0.1) is 11.8 Å². The molecule has 72 valence electrons. The third-order valence-corrected chi connectivity index (χ3v) is 3.29. The molecule has 3 aliphatic carbocycles. The quantitative estimate of drug-likeness (QED) is 0.572. The second kappa shape index (κ2) is 3.60. The van der Waals surface area contributed by atoms with Crippen LogP contribution in [0.5, 0.6) is 0 Å². The first-order valence-electron chi connectivity index (χ1n) is 5.27. The molecule has 13 heavy (non-hydrogen) atoms. The number of carbonyl (C=O) groups is 2. The SMILES string of the molecule is O=C1CC2CCCC(C1)CC(=O)C2. The van der Waals surface area contributed by atoms with E-state index in [1.165, 1.54) is 6.42 Å². The van der Waals surface area contributed by atoms with Gasteiger partial charge in [-0.2, -0.15) is 0 Å². The van der Waals surface area contributed by atoms with E-state index in [2.05, 4.69) is 0 Å². The van der Waals surface area contributed by atoms with Crippen LogP contribution in [0.25, 0.3) is 0 Å². The van der Waals surface area contributed by atoms with Gasteiger partial charge in [-0.25, -0.2) is 0 Å². The van der Waals surface area contributed by atoms with Crippen molar-refractivity contribution in [1.82, 2.24) is 0 Å². The van der Waals surface area contributed by atoms with Crippen molar-refractivity contribution < 1.29 is 9.59 Å². The maximum atomic E-state index is 11.4. The predicted octanol–water partition coefficient (Wildman–Crippen LogP) is 2.11. The monoisotopic (exact) mass is 180 g/mol. The van der Waals surface area contributed by atoms with E-state index in [9.17, 15) is 9.59 Å². The van der Waals surface area contributed by atoms with E-state index in [0.29, 0.717) is 49.1 Å². The average molecular weight is 180 g/mol. The minimum Gasteiger partial charge on any atom is -0.300 e. The van der Waals surface area contributed by atoms with E-state index in [1.54, 1.807) is 0 Å². The minimum absolute atomic E-state index is 0.376. The zero-order chi connectivity index (χ0) is 9.26. The smallest absolute Gasteiger partial charge is 0.133 e. The molecule has 3 rings (SSSR count). The first kappa shape index (κ1) is 8.92. The summed E-state index contributed by atoms with van der Waals surface area (Å²) in [5, 5.41) is 0. The van der Waals surface area contributed by atoms with Gasteiger partial charge in [0.25, 0.3) is 0 Å². The van der Waals surface area contributed by atoms with E-state index in [1.807, 2.05) is 0 Å². The number of hydrogen-bond donors (Lipinski definition) is 0. The zero-order valence-corrected chi connectivity index (χ0v) is 7.92. The Morgan fingerprint density at radius 1 is 0.769 bits per heavy atom. The second-order valence-corrected chi connectivity index (χ2v) is 4.56. The lowest BCUT2D eigenvalue weighted by Gasteiger charge is -2.27. The highest BCUT2D eigenvalue weighted by Crippen LogP contribution is 2.32. The number of carbonyl (C=O) groups excluding carboxylic acids is 2. The van der Waals surface area contributed by atoms with Gasteiger partial charge in [-0.15, -0.1) is 0 Å². The van der Waals surface area contributed by atoms with Gasteiger partial charge in [0.2, 0.25) is 0 Å². The molecule has 0 heterocycles. The third kappa shape index (κ3) is 2.17. The molecular formula is C11H16O2. The molecule has 0 spiro atoms. The van der Waals surface area contributed by atoms with E-state index >= 15 is 0 Å². The van der Waals surface area contributed by atoms with Crippen molar-refractivity contribution in [1.29, 1.82) is 0 Å². The summed E-state index contributed by atoms with van der Waals surface area (Å²) in [4.78, 5) is 22.9. The lowest BCUT2D eigenvalue weighted by molar-refractivity contribution is -0.126. The molecule has 0 N–H and O–H groups in total. The van der Waals surface area contributed by atoms with Gasteiger partial charge >= 0.3 is 0 Å². The van der Waals surface area contributed by atoms with Crippen LogP contribution in [0.15, 0.2) is 0 Å². The Hall–Kier alpha value is -0.660. The van der Waals surface area contributed by atoms with Gasteiger partial charge in [0.1, 0.15) is 11.6 Å². The summed E-state index contributed by atoms with van der Waals surface area (Å²) in [6.07, 6.45) is 6.08. The van der Waals surface area contributed by atoms with Crippen LogP contribution >= 0.6 is 0 Å². The Morgan fingerprint density at radius 3 is 1.54 bits per heavy atom. The van der Waals surface area contributed by atoms with Gasteiger partial charge in [0, 0.05) is 25.7 Å². The summed E-state index contributed by atoms with van der Waals surface area (Å²) >= 11 is 0. The molecule has 3 saturated carbocycles. The number of Topliss-reactive ketones (excluding diaryl/α,β-unsaturated/α-hetero) is 2.